The third-order valence-corrected chi connectivity index (χ3v) is 7.84. The highest BCUT2D eigenvalue weighted by Crippen LogP contribution is 2.57. The molecule has 4 N–H and O–H groups in total. The van der Waals surface area contributed by atoms with E-state index in [1.165, 1.54) is 12.1 Å². The van der Waals surface area contributed by atoms with Gasteiger partial charge in [-0.25, -0.2) is 4.39 Å². The maximum Gasteiger partial charge on any atom is 0.235 e. The Balaban J connectivity index is 2.47. The summed E-state index contributed by atoms with van der Waals surface area (Å²) in [5, 5.41) is 1.04. The Morgan fingerprint density at radius 1 is 1.18 bits per heavy atom. The molecule has 180 valence electrons. The van der Waals surface area contributed by atoms with Crippen molar-refractivity contribution in [3.63, 3.8) is 0 Å². The van der Waals surface area contributed by atoms with Gasteiger partial charge in [0.25, 0.3) is 0 Å². The lowest BCUT2D eigenvalue weighted by molar-refractivity contribution is -0.123. The van der Waals surface area contributed by atoms with Gasteiger partial charge in [-0.1, -0.05) is 74.6 Å². The lowest BCUT2D eigenvalue weighted by Crippen LogP contribution is -2.51. The number of benzene rings is 2. The molecule has 2 aromatic rings. The number of primary amides is 1. The van der Waals surface area contributed by atoms with Crippen LogP contribution in [0.5, 0.6) is 0 Å². The van der Waals surface area contributed by atoms with E-state index in [0.717, 1.165) is 0 Å². The Kier molecular flexibility index (Phi) is 7.72. The van der Waals surface area contributed by atoms with Crippen LogP contribution in [0.4, 0.5) is 4.39 Å². The van der Waals surface area contributed by atoms with Gasteiger partial charge in [0.2, 0.25) is 5.91 Å². The van der Waals surface area contributed by atoms with E-state index in [9.17, 15) is 4.79 Å². The third kappa shape index (κ3) is 4.63. The summed E-state index contributed by atoms with van der Waals surface area (Å²) in [5.74, 6) is -1.59. The number of nitrogens with two attached hydrogens (primary N) is 2. The van der Waals surface area contributed by atoms with Crippen molar-refractivity contribution < 1.29 is 9.18 Å². The molecular formula is C25H31Cl3FN3O. The maximum absolute atomic E-state index is 15.6. The molecule has 0 saturated carbocycles. The minimum Gasteiger partial charge on any atom is -0.368 e. The van der Waals surface area contributed by atoms with Gasteiger partial charge in [0, 0.05) is 28.9 Å². The summed E-state index contributed by atoms with van der Waals surface area (Å²) in [4.78, 5) is 15.0. The van der Waals surface area contributed by atoms with E-state index in [4.69, 9.17) is 46.3 Å². The molecule has 0 unspecified atom stereocenters. The monoisotopic (exact) mass is 513 g/mol. The Morgan fingerprint density at radius 2 is 1.85 bits per heavy atom. The first-order valence-corrected chi connectivity index (χ1v) is 12.2. The number of rotatable bonds is 6. The fraction of sp³-hybridized carbons (Fsp3) is 0.480. The van der Waals surface area contributed by atoms with E-state index in [-0.39, 0.29) is 18.0 Å². The van der Waals surface area contributed by atoms with Crippen LogP contribution in [0.2, 0.25) is 15.1 Å². The van der Waals surface area contributed by atoms with Crippen LogP contribution < -0.4 is 11.5 Å². The molecule has 1 saturated heterocycles. The average molecular weight is 515 g/mol. The number of carbonyl (C=O) groups excluding carboxylic acids is 1. The molecule has 0 aliphatic carbocycles. The van der Waals surface area contributed by atoms with Gasteiger partial charge in [0.1, 0.15) is 5.82 Å². The van der Waals surface area contributed by atoms with Gasteiger partial charge >= 0.3 is 0 Å². The van der Waals surface area contributed by atoms with Crippen molar-refractivity contribution in [3.8, 4) is 0 Å². The number of amides is 1. The van der Waals surface area contributed by atoms with Crippen LogP contribution in [0.15, 0.2) is 36.4 Å². The Morgan fingerprint density at radius 3 is 2.39 bits per heavy atom. The first-order valence-electron chi connectivity index (χ1n) is 11.0. The molecular weight excluding hydrogens is 484 g/mol. The van der Waals surface area contributed by atoms with Gasteiger partial charge < -0.3 is 11.5 Å². The minimum absolute atomic E-state index is 0.0544. The molecule has 0 spiro atoms. The zero-order chi connectivity index (χ0) is 24.7. The van der Waals surface area contributed by atoms with E-state index >= 15 is 4.39 Å². The van der Waals surface area contributed by atoms with Crippen LogP contribution in [0.25, 0.3) is 0 Å². The van der Waals surface area contributed by atoms with Crippen LogP contribution in [-0.4, -0.2) is 36.0 Å². The highest BCUT2D eigenvalue weighted by molar-refractivity contribution is 6.42. The molecule has 33 heavy (non-hydrogen) atoms. The molecule has 8 heteroatoms. The molecule has 1 fully saturated rings. The first-order chi connectivity index (χ1) is 15.4. The highest BCUT2D eigenvalue weighted by Gasteiger charge is 2.62. The van der Waals surface area contributed by atoms with Crippen molar-refractivity contribution >= 4 is 40.7 Å². The van der Waals surface area contributed by atoms with Gasteiger partial charge in [-0.15, -0.1) is 0 Å². The Hall–Kier alpha value is -1.37. The number of hydrogen-bond acceptors (Lipinski definition) is 3. The molecule has 1 amide bonds. The number of likely N-dealkylation sites (tertiary alicyclic amines) is 1. The second kappa shape index (κ2) is 9.71. The highest BCUT2D eigenvalue weighted by atomic mass is 35.5. The van der Waals surface area contributed by atoms with Crippen molar-refractivity contribution in [1.29, 1.82) is 0 Å². The molecule has 0 radical (unpaired) electrons. The molecule has 2 aromatic carbocycles. The standard InChI is InChI=1S/C25H31Cl3FN3O/c1-5-32-19(12-24(2,3)4)25(13-30,16-11-14(26)9-10-18(16)29)20(22(32)23(31)33)15-7-6-8-17(27)21(15)28/h6-11,19-20,22H,5,12-13,30H2,1-4H3,(H2,31,33)/t19-,20-,22+,25-/m0/s1. The second-order valence-corrected chi connectivity index (χ2v) is 11.2. The Labute approximate surface area is 210 Å². The first kappa shape index (κ1) is 26.2. The largest absolute Gasteiger partial charge is 0.368 e. The predicted octanol–water partition coefficient (Wildman–Crippen LogP) is 5.76. The number of likely N-dealkylation sites (N-methyl/N-ethyl adjacent to an activating group) is 1. The number of halogens is 4. The number of nitrogens with zero attached hydrogens (tertiary/aromatic N) is 1. The van der Waals surface area contributed by atoms with E-state index in [1.54, 1.807) is 18.2 Å². The summed E-state index contributed by atoms with van der Waals surface area (Å²) in [6.45, 7) is 8.86. The van der Waals surface area contributed by atoms with E-state index in [2.05, 4.69) is 20.8 Å². The predicted molar refractivity (Wildman–Crippen MR) is 135 cm³/mol. The number of hydrogen-bond donors (Lipinski definition) is 2. The van der Waals surface area contributed by atoms with Crippen molar-refractivity contribution in [3.05, 3.63) is 68.4 Å². The smallest absolute Gasteiger partial charge is 0.235 e. The summed E-state index contributed by atoms with van der Waals surface area (Å²) in [7, 11) is 0. The third-order valence-electron chi connectivity index (χ3n) is 6.77. The van der Waals surface area contributed by atoms with Crippen LogP contribution >= 0.6 is 34.8 Å². The summed E-state index contributed by atoms with van der Waals surface area (Å²) in [5.41, 5.74) is 12.4. The molecule has 1 aliphatic rings. The lowest BCUT2D eigenvalue weighted by atomic mass is 9.62. The quantitative estimate of drug-likeness (QED) is 0.515. The average Bonchev–Trinajstić information content (AvgIpc) is 3.00. The SMILES string of the molecule is CCN1[C@@H](CC(C)(C)C)[C@](CN)(c2cc(Cl)ccc2F)[C@@H](c2cccc(Cl)c2Cl)[C@@H]1C(N)=O. The zero-order valence-corrected chi connectivity index (χ0v) is 21.6. The van der Waals surface area contributed by atoms with Crippen LogP contribution in [-0.2, 0) is 10.2 Å². The normalized spacial score (nSPS) is 26.0. The summed E-state index contributed by atoms with van der Waals surface area (Å²) >= 11 is 19.4. The summed E-state index contributed by atoms with van der Waals surface area (Å²) < 4.78 is 15.6. The van der Waals surface area contributed by atoms with Crippen LogP contribution in [0.1, 0.15) is 51.2 Å². The molecule has 0 bridgehead atoms. The van der Waals surface area contributed by atoms with Gasteiger partial charge in [-0.3, -0.25) is 9.69 Å². The summed E-state index contributed by atoms with van der Waals surface area (Å²) in [6, 6.07) is 8.65. The van der Waals surface area contributed by atoms with Crippen LogP contribution in [0.3, 0.4) is 0 Å². The second-order valence-electron chi connectivity index (χ2n) is 9.95. The maximum atomic E-state index is 15.6. The number of carbonyl (C=O) groups is 1. The molecule has 1 heterocycles. The van der Waals surface area contributed by atoms with Crippen molar-refractivity contribution in [2.45, 2.75) is 57.5 Å². The fourth-order valence-electron chi connectivity index (χ4n) is 5.58. The molecule has 4 nitrogen and oxygen atoms in total. The summed E-state index contributed by atoms with van der Waals surface area (Å²) in [6.07, 6.45) is 0.641. The fourth-order valence-corrected chi connectivity index (χ4v) is 6.17. The molecule has 0 aromatic heterocycles. The zero-order valence-electron chi connectivity index (χ0n) is 19.3. The van der Waals surface area contributed by atoms with Crippen LogP contribution in [0, 0.1) is 11.2 Å². The van der Waals surface area contributed by atoms with E-state index in [0.29, 0.717) is 39.2 Å². The molecule has 4 atom stereocenters. The van der Waals surface area contributed by atoms with Gasteiger partial charge in [0.05, 0.1) is 16.1 Å². The molecule has 1 aliphatic heterocycles. The van der Waals surface area contributed by atoms with Crippen molar-refractivity contribution in [2.24, 2.45) is 16.9 Å². The van der Waals surface area contributed by atoms with Gasteiger partial charge in [-0.2, -0.15) is 0 Å². The molecule has 3 rings (SSSR count). The van der Waals surface area contributed by atoms with Crippen molar-refractivity contribution in [1.82, 2.24) is 4.90 Å². The van der Waals surface area contributed by atoms with E-state index in [1.807, 2.05) is 17.9 Å². The van der Waals surface area contributed by atoms with Gasteiger partial charge in [-0.05, 0) is 53.8 Å². The Bertz CT molecular complexity index is 1040. The lowest BCUT2D eigenvalue weighted by Gasteiger charge is -2.43. The van der Waals surface area contributed by atoms with E-state index < -0.39 is 29.1 Å². The topological polar surface area (TPSA) is 72.3 Å². The minimum atomic E-state index is -1.04. The van der Waals surface area contributed by atoms with Crippen molar-refractivity contribution in [2.75, 3.05) is 13.1 Å². The van der Waals surface area contributed by atoms with Gasteiger partial charge in [0.15, 0.2) is 0 Å².